The molecule has 1 heterocycles. The van der Waals surface area contributed by atoms with Gasteiger partial charge < -0.3 is 5.32 Å². The number of hydrogen-bond donors (Lipinski definition) is 1. The molecule has 0 bridgehead atoms. The number of nitrogens with zero attached hydrogens (tertiary/aromatic N) is 1. The van der Waals surface area contributed by atoms with Crippen LogP contribution in [0.1, 0.15) is 12.5 Å². The maximum atomic E-state index is 5.76. The monoisotopic (exact) mass is 196 g/mol. The molecule has 0 saturated heterocycles. The Morgan fingerprint density at radius 2 is 2.31 bits per heavy atom. The Bertz CT molecular complexity index is 321. The number of aromatic nitrogens is 1. The van der Waals surface area contributed by atoms with Crippen LogP contribution in [0.15, 0.2) is 24.3 Å². The maximum Gasteiger partial charge on any atom is 0.131 e. The quantitative estimate of drug-likeness (QED) is 0.594. The highest BCUT2D eigenvalue weighted by molar-refractivity contribution is 6.29. The third kappa shape index (κ3) is 3.07. The van der Waals surface area contributed by atoms with Gasteiger partial charge in [-0.3, -0.25) is 0 Å². The van der Waals surface area contributed by atoms with E-state index in [1.54, 1.807) is 6.07 Å². The predicted molar refractivity (Wildman–Crippen MR) is 57.3 cm³/mol. The van der Waals surface area contributed by atoms with Crippen LogP contribution in [0, 0.1) is 6.92 Å². The molecule has 0 saturated carbocycles. The molecule has 1 aromatic rings. The highest BCUT2D eigenvalue weighted by Crippen LogP contribution is 2.15. The molecule has 13 heavy (non-hydrogen) atoms. The molecule has 0 aliphatic heterocycles. The minimum absolute atomic E-state index is 0.509. The van der Waals surface area contributed by atoms with E-state index in [1.165, 1.54) is 0 Å². The van der Waals surface area contributed by atoms with Gasteiger partial charge in [0.05, 0.1) is 0 Å². The van der Waals surface area contributed by atoms with Crippen LogP contribution in [-0.2, 0) is 0 Å². The van der Waals surface area contributed by atoms with Crippen LogP contribution in [0.2, 0.25) is 5.15 Å². The van der Waals surface area contributed by atoms with E-state index in [0.29, 0.717) is 5.15 Å². The van der Waals surface area contributed by atoms with E-state index in [4.69, 9.17) is 11.6 Å². The lowest BCUT2D eigenvalue weighted by molar-refractivity contribution is 1.15. The van der Waals surface area contributed by atoms with Crippen molar-refractivity contribution in [3.8, 4) is 0 Å². The Balaban J connectivity index is 2.75. The van der Waals surface area contributed by atoms with Crippen LogP contribution >= 0.6 is 11.6 Å². The number of hydrogen-bond acceptors (Lipinski definition) is 2. The van der Waals surface area contributed by atoms with E-state index >= 15 is 0 Å². The Morgan fingerprint density at radius 1 is 1.62 bits per heavy atom. The summed E-state index contributed by atoms with van der Waals surface area (Å²) < 4.78 is 0. The van der Waals surface area contributed by atoms with Gasteiger partial charge in [0.1, 0.15) is 11.0 Å². The zero-order valence-corrected chi connectivity index (χ0v) is 8.65. The summed E-state index contributed by atoms with van der Waals surface area (Å²) in [7, 11) is 0. The van der Waals surface area contributed by atoms with Crippen LogP contribution in [0.5, 0.6) is 0 Å². The number of anilines is 1. The Morgan fingerprint density at radius 3 is 2.92 bits per heavy atom. The first-order chi connectivity index (χ1) is 6.09. The molecule has 0 aliphatic rings. The van der Waals surface area contributed by atoms with E-state index in [0.717, 1.165) is 23.5 Å². The number of nitrogens with one attached hydrogen (secondary N) is 1. The van der Waals surface area contributed by atoms with Crippen molar-refractivity contribution in [2.75, 3.05) is 11.9 Å². The van der Waals surface area contributed by atoms with Crippen molar-refractivity contribution < 1.29 is 0 Å². The molecule has 1 rings (SSSR count). The van der Waals surface area contributed by atoms with Crippen LogP contribution in [0.4, 0.5) is 5.82 Å². The zero-order valence-electron chi connectivity index (χ0n) is 7.89. The van der Waals surface area contributed by atoms with Gasteiger partial charge in [0.25, 0.3) is 0 Å². The first-order valence-electron chi connectivity index (χ1n) is 4.11. The third-order valence-corrected chi connectivity index (χ3v) is 1.83. The van der Waals surface area contributed by atoms with E-state index in [9.17, 15) is 0 Å². The van der Waals surface area contributed by atoms with Crippen LogP contribution in [-0.4, -0.2) is 11.5 Å². The highest BCUT2D eigenvalue weighted by Gasteiger charge is 1.99. The van der Waals surface area contributed by atoms with Crippen LogP contribution in [0.25, 0.3) is 0 Å². The average molecular weight is 197 g/mol. The number of pyridine rings is 1. The molecule has 0 fully saturated rings. The van der Waals surface area contributed by atoms with Crippen molar-refractivity contribution in [2.24, 2.45) is 0 Å². The molecule has 0 aromatic carbocycles. The molecule has 70 valence electrons. The van der Waals surface area contributed by atoms with Crippen molar-refractivity contribution in [1.29, 1.82) is 0 Å². The molecular weight excluding hydrogens is 184 g/mol. The highest BCUT2D eigenvalue weighted by atomic mass is 35.5. The summed E-state index contributed by atoms with van der Waals surface area (Å²) >= 11 is 5.76. The lowest BCUT2D eigenvalue weighted by Gasteiger charge is -2.07. The lowest BCUT2D eigenvalue weighted by Crippen LogP contribution is -2.05. The molecule has 0 radical (unpaired) electrons. The van der Waals surface area contributed by atoms with E-state index in [2.05, 4.69) is 16.9 Å². The van der Waals surface area contributed by atoms with Gasteiger partial charge in [0.15, 0.2) is 0 Å². The van der Waals surface area contributed by atoms with Gasteiger partial charge in [-0.25, -0.2) is 4.98 Å². The van der Waals surface area contributed by atoms with Gasteiger partial charge in [0, 0.05) is 6.54 Å². The summed E-state index contributed by atoms with van der Waals surface area (Å²) in [6, 6.07) is 3.72. The zero-order chi connectivity index (χ0) is 9.84. The summed E-state index contributed by atoms with van der Waals surface area (Å²) in [6.07, 6.45) is 0. The van der Waals surface area contributed by atoms with E-state index < -0.39 is 0 Å². The van der Waals surface area contributed by atoms with Crippen molar-refractivity contribution in [2.45, 2.75) is 13.8 Å². The SMILES string of the molecule is C=C(C)CNc1nc(Cl)ccc1C. The molecule has 0 atom stereocenters. The van der Waals surface area contributed by atoms with Crippen molar-refractivity contribution in [3.63, 3.8) is 0 Å². The standard InChI is InChI=1S/C10H13ClN2/c1-7(2)6-12-10-8(3)4-5-9(11)13-10/h4-5H,1,6H2,2-3H3,(H,12,13). The smallest absolute Gasteiger partial charge is 0.131 e. The van der Waals surface area contributed by atoms with Gasteiger partial charge in [-0.15, -0.1) is 0 Å². The van der Waals surface area contributed by atoms with Crippen molar-refractivity contribution in [1.82, 2.24) is 4.98 Å². The van der Waals surface area contributed by atoms with Crippen LogP contribution < -0.4 is 5.32 Å². The Labute approximate surface area is 83.6 Å². The first-order valence-corrected chi connectivity index (χ1v) is 4.49. The minimum Gasteiger partial charge on any atom is -0.366 e. The molecule has 1 N–H and O–H groups in total. The fraction of sp³-hybridized carbons (Fsp3) is 0.300. The molecule has 0 aliphatic carbocycles. The lowest BCUT2D eigenvalue weighted by atomic mass is 10.3. The van der Waals surface area contributed by atoms with Gasteiger partial charge in [0.2, 0.25) is 0 Å². The summed E-state index contributed by atoms with van der Waals surface area (Å²) in [5.74, 6) is 0.829. The molecular formula is C10H13ClN2. The molecule has 1 aromatic heterocycles. The van der Waals surface area contributed by atoms with Gasteiger partial charge >= 0.3 is 0 Å². The molecule has 0 spiro atoms. The van der Waals surface area contributed by atoms with E-state index in [1.807, 2.05) is 19.9 Å². The topological polar surface area (TPSA) is 24.9 Å². The normalized spacial score (nSPS) is 9.77. The number of aryl methyl sites for hydroxylation is 1. The largest absolute Gasteiger partial charge is 0.366 e. The summed E-state index contributed by atoms with van der Waals surface area (Å²) in [5.41, 5.74) is 2.16. The second kappa shape index (κ2) is 4.28. The Hall–Kier alpha value is -1.02. The average Bonchev–Trinajstić information content (AvgIpc) is 2.06. The fourth-order valence-electron chi connectivity index (χ4n) is 0.919. The van der Waals surface area contributed by atoms with Crippen LogP contribution in [0.3, 0.4) is 0 Å². The predicted octanol–water partition coefficient (Wildman–Crippen LogP) is 3.03. The van der Waals surface area contributed by atoms with Crippen molar-refractivity contribution in [3.05, 3.63) is 35.0 Å². The molecule has 0 unspecified atom stereocenters. The van der Waals surface area contributed by atoms with E-state index in [-0.39, 0.29) is 0 Å². The minimum atomic E-state index is 0.509. The summed E-state index contributed by atoms with van der Waals surface area (Å²) in [6.45, 7) is 8.48. The second-order valence-electron chi connectivity index (χ2n) is 3.11. The molecule has 3 heteroatoms. The van der Waals surface area contributed by atoms with Gasteiger partial charge in [-0.1, -0.05) is 29.8 Å². The van der Waals surface area contributed by atoms with Crippen molar-refractivity contribution >= 4 is 17.4 Å². The number of halogens is 1. The molecule has 2 nitrogen and oxygen atoms in total. The number of rotatable bonds is 3. The summed E-state index contributed by atoms with van der Waals surface area (Å²) in [5, 5.41) is 3.67. The summed E-state index contributed by atoms with van der Waals surface area (Å²) in [4.78, 5) is 4.16. The third-order valence-electron chi connectivity index (χ3n) is 1.62. The Kier molecular flexibility index (Phi) is 3.32. The first kappa shape index (κ1) is 10.1. The second-order valence-corrected chi connectivity index (χ2v) is 3.50. The molecule has 0 amide bonds. The fourth-order valence-corrected chi connectivity index (χ4v) is 1.07. The maximum absolute atomic E-state index is 5.76. The van der Waals surface area contributed by atoms with Gasteiger partial charge in [-0.2, -0.15) is 0 Å². The van der Waals surface area contributed by atoms with Gasteiger partial charge in [-0.05, 0) is 25.5 Å².